The zero-order valence-corrected chi connectivity index (χ0v) is 19.3. The summed E-state index contributed by atoms with van der Waals surface area (Å²) in [6, 6.07) is 15.1. The van der Waals surface area contributed by atoms with Crippen molar-refractivity contribution in [3.63, 3.8) is 0 Å². The molecule has 1 aromatic heterocycles. The first-order valence-electron chi connectivity index (χ1n) is 11.0. The van der Waals surface area contributed by atoms with E-state index >= 15 is 0 Å². The third-order valence-corrected chi connectivity index (χ3v) is 7.07. The van der Waals surface area contributed by atoms with Gasteiger partial charge >= 0.3 is 0 Å². The van der Waals surface area contributed by atoms with E-state index in [1.807, 2.05) is 0 Å². The summed E-state index contributed by atoms with van der Waals surface area (Å²) < 4.78 is 61.5. The highest BCUT2D eigenvalue weighted by Crippen LogP contribution is 2.31. The number of hydrogen-bond donors (Lipinski definition) is 1. The van der Waals surface area contributed by atoms with E-state index in [2.05, 4.69) is 0 Å². The Morgan fingerprint density at radius 2 is 1.56 bits per heavy atom. The van der Waals surface area contributed by atoms with E-state index in [-0.39, 0.29) is 19.2 Å². The van der Waals surface area contributed by atoms with Gasteiger partial charge in [0.2, 0.25) is 10.0 Å². The predicted molar refractivity (Wildman–Crippen MR) is 128 cm³/mol. The molecule has 0 saturated heterocycles. The molecule has 5 rings (SSSR count). The highest BCUT2D eigenvalue weighted by molar-refractivity contribution is 7.92. The number of rotatable bonds is 8. The van der Waals surface area contributed by atoms with Crippen LogP contribution in [-0.4, -0.2) is 43.1 Å². The van der Waals surface area contributed by atoms with Gasteiger partial charge in [0.1, 0.15) is 17.4 Å². The fourth-order valence-electron chi connectivity index (χ4n) is 4.21. The van der Waals surface area contributed by atoms with Gasteiger partial charge in [0.25, 0.3) is 0 Å². The zero-order chi connectivity index (χ0) is 24.0. The van der Waals surface area contributed by atoms with Gasteiger partial charge in [0.15, 0.2) is 0 Å². The maximum Gasteiger partial charge on any atom is 0.232 e. The van der Waals surface area contributed by atoms with Crippen molar-refractivity contribution < 1.29 is 27.0 Å². The Kier molecular flexibility index (Phi) is 5.69. The van der Waals surface area contributed by atoms with E-state index in [0.717, 1.165) is 23.4 Å². The van der Waals surface area contributed by atoms with Crippen molar-refractivity contribution in [1.29, 1.82) is 0 Å². The lowest BCUT2D eigenvalue weighted by Gasteiger charge is -2.26. The van der Waals surface area contributed by atoms with Gasteiger partial charge in [-0.15, -0.1) is 0 Å². The summed E-state index contributed by atoms with van der Waals surface area (Å²) in [5.74, 6) is -0.229. The lowest BCUT2D eigenvalue weighted by Crippen LogP contribution is -2.38. The minimum Gasteiger partial charge on any atom is -0.490 e. The minimum atomic E-state index is -3.69. The largest absolute Gasteiger partial charge is 0.490 e. The summed E-state index contributed by atoms with van der Waals surface area (Å²) in [5, 5.41) is 12.0. The summed E-state index contributed by atoms with van der Waals surface area (Å²) in [5.41, 5.74) is 1.65. The number of aliphatic hydroxyl groups excluding tert-OH is 1. The topological polar surface area (TPSA) is 71.8 Å². The monoisotopic (exact) mass is 486 g/mol. The lowest BCUT2D eigenvalue weighted by molar-refractivity contribution is 0.166. The summed E-state index contributed by atoms with van der Waals surface area (Å²) in [6.45, 7) is -0.155. The molecular weight excluding hydrogens is 462 g/mol. The summed E-state index contributed by atoms with van der Waals surface area (Å²) in [7, 11) is -3.69. The van der Waals surface area contributed by atoms with Gasteiger partial charge in [-0.2, -0.15) is 0 Å². The van der Waals surface area contributed by atoms with Gasteiger partial charge in [-0.3, -0.25) is 4.31 Å². The van der Waals surface area contributed by atoms with Crippen LogP contribution in [0.2, 0.25) is 0 Å². The molecule has 0 amide bonds. The van der Waals surface area contributed by atoms with Crippen molar-refractivity contribution in [3.8, 4) is 5.75 Å². The average Bonchev–Trinajstić information content (AvgIpc) is 3.55. The molecule has 1 saturated carbocycles. The van der Waals surface area contributed by atoms with E-state index in [1.54, 1.807) is 41.0 Å². The molecule has 0 aliphatic heterocycles. The third kappa shape index (κ3) is 4.58. The van der Waals surface area contributed by atoms with Crippen molar-refractivity contribution in [3.05, 3.63) is 72.3 Å². The molecule has 1 atom stereocenters. The van der Waals surface area contributed by atoms with Gasteiger partial charge in [-0.25, -0.2) is 17.2 Å². The van der Waals surface area contributed by atoms with Crippen molar-refractivity contribution in [2.75, 3.05) is 17.1 Å². The Labute approximate surface area is 196 Å². The molecule has 9 heteroatoms. The van der Waals surface area contributed by atoms with Crippen molar-refractivity contribution in [1.82, 2.24) is 4.57 Å². The SMILES string of the molecule is CS(=O)(=O)N(CC(O)Cn1c2ccc(F)cc2c2cc(F)ccc21)c1ccc(OC2CC2)cc1. The molecule has 1 fully saturated rings. The normalized spacial score (nSPS) is 15.1. The van der Waals surface area contributed by atoms with E-state index in [9.17, 15) is 22.3 Å². The van der Waals surface area contributed by atoms with E-state index in [4.69, 9.17) is 4.74 Å². The number of fused-ring (bicyclic) bond motifs is 3. The first-order valence-corrected chi connectivity index (χ1v) is 12.8. The standard InChI is InChI=1S/C25H24F2N2O4S/c1-34(31,32)29(18-4-6-20(7-5-18)33-21-8-9-21)15-19(30)14-28-24-10-2-16(26)12-22(24)23-13-17(27)3-11-25(23)28/h2-7,10-13,19,21,30H,8-9,14-15H2,1H3. The predicted octanol–water partition coefficient (Wildman–Crippen LogP) is 4.44. The van der Waals surface area contributed by atoms with Gasteiger partial charge < -0.3 is 14.4 Å². The number of ether oxygens (including phenoxy) is 1. The molecule has 1 heterocycles. The lowest BCUT2D eigenvalue weighted by atomic mass is 10.1. The molecule has 0 radical (unpaired) electrons. The summed E-state index contributed by atoms with van der Waals surface area (Å²) >= 11 is 0. The van der Waals surface area contributed by atoms with Crippen LogP contribution >= 0.6 is 0 Å². The minimum absolute atomic E-state index is 0.0339. The molecule has 4 aromatic rings. The van der Waals surface area contributed by atoms with Crippen LogP contribution < -0.4 is 9.04 Å². The second kappa shape index (κ2) is 8.56. The molecule has 178 valence electrons. The van der Waals surface area contributed by atoms with Crippen molar-refractivity contribution in [2.45, 2.75) is 31.6 Å². The molecule has 1 unspecified atom stereocenters. The number of benzene rings is 3. The Balaban J connectivity index is 1.44. The fourth-order valence-corrected chi connectivity index (χ4v) is 5.15. The molecule has 34 heavy (non-hydrogen) atoms. The molecule has 0 bridgehead atoms. The van der Waals surface area contributed by atoms with Crippen LogP contribution in [0, 0.1) is 11.6 Å². The van der Waals surface area contributed by atoms with Crippen molar-refractivity contribution >= 4 is 37.5 Å². The Bertz CT molecular complexity index is 1400. The third-order valence-electron chi connectivity index (χ3n) is 5.91. The highest BCUT2D eigenvalue weighted by atomic mass is 32.2. The van der Waals surface area contributed by atoms with E-state index in [0.29, 0.717) is 33.2 Å². The van der Waals surface area contributed by atoms with Gasteiger partial charge in [-0.05, 0) is 73.5 Å². The number of nitrogens with zero attached hydrogens (tertiary/aromatic N) is 2. The maximum atomic E-state index is 13.9. The number of aromatic nitrogens is 1. The average molecular weight is 487 g/mol. The maximum absolute atomic E-state index is 13.9. The van der Waals surface area contributed by atoms with Crippen LogP contribution in [-0.2, 0) is 16.6 Å². The number of hydrogen-bond acceptors (Lipinski definition) is 4. The summed E-state index contributed by atoms with van der Waals surface area (Å²) in [6.07, 6.45) is 2.26. The first-order chi connectivity index (χ1) is 16.2. The first kappa shape index (κ1) is 22.6. The quantitative estimate of drug-likeness (QED) is 0.400. The second-order valence-corrected chi connectivity index (χ2v) is 10.6. The number of aliphatic hydroxyl groups is 1. The Hall–Kier alpha value is -3.17. The Morgan fingerprint density at radius 3 is 2.06 bits per heavy atom. The zero-order valence-electron chi connectivity index (χ0n) is 18.5. The second-order valence-electron chi connectivity index (χ2n) is 8.69. The number of sulfonamides is 1. The molecule has 6 nitrogen and oxygen atoms in total. The van der Waals surface area contributed by atoms with Gasteiger partial charge in [-0.1, -0.05) is 0 Å². The Morgan fingerprint density at radius 1 is 1.00 bits per heavy atom. The molecule has 1 aliphatic rings. The van der Waals surface area contributed by atoms with Crippen LogP contribution in [0.15, 0.2) is 60.7 Å². The summed E-state index contributed by atoms with van der Waals surface area (Å²) in [4.78, 5) is 0. The van der Waals surface area contributed by atoms with E-state index < -0.39 is 27.8 Å². The fraction of sp³-hybridized carbons (Fsp3) is 0.280. The molecule has 3 aromatic carbocycles. The molecule has 1 N–H and O–H groups in total. The number of halogens is 2. The molecular formula is C25H24F2N2O4S. The van der Waals surface area contributed by atoms with Crippen LogP contribution in [0.1, 0.15) is 12.8 Å². The van der Waals surface area contributed by atoms with Crippen molar-refractivity contribution in [2.24, 2.45) is 0 Å². The van der Waals surface area contributed by atoms with Crippen LogP contribution in [0.4, 0.5) is 14.5 Å². The number of anilines is 1. The van der Waals surface area contributed by atoms with Crippen LogP contribution in [0.3, 0.4) is 0 Å². The van der Waals surface area contributed by atoms with E-state index in [1.165, 1.54) is 24.3 Å². The van der Waals surface area contributed by atoms with Gasteiger partial charge in [0.05, 0.1) is 37.2 Å². The molecule has 0 spiro atoms. The van der Waals surface area contributed by atoms with Crippen LogP contribution in [0.5, 0.6) is 5.75 Å². The molecule has 1 aliphatic carbocycles. The highest BCUT2D eigenvalue weighted by Gasteiger charge is 2.25. The smallest absolute Gasteiger partial charge is 0.232 e. The van der Waals surface area contributed by atoms with Crippen LogP contribution in [0.25, 0.3) is 21.8 Å². The van der Waals surface area contributed by atoms with Gasteiger partial charge in [0, 0.05) is 21.8 Å².